The van der Waals surface area contributed by atoms with Crippen LogP contribution in [-0.4, -0.2) is 75.2 Å². The van der Waals surface area contributed by atoms with Crippen molar-refractivity contribution in [2.45, 2.75) is 63.7 Å². The number of hydrogen-bond acceptors (Lipinski definition) is 4. The zero-order valence-corrected chi connectivity index (χ0v) is 22.9. The first-order valence-corrected chi connectivity index (χ1v) is 12.9. The topological polar surface area (TPSA) is 55.9 Å². The van der Waals surface area contributed by atoms with E-state index in [1.54, 1.807) is 0 Å². The lowest BCUT2D eigenvalue weighted by molar-refractivity contribution is 0.387. The standard InChI is InChI=1S/C19H23N3.C11H21N3/c1-4-20-18(16-11-7-5-8-12-16)19(21-15-22(2)3)17-13-9-6-10-14-17;1-4-12-10-7-5-6-8-11(10)13-9-14(2)3/h4-15,18-19H,1-3H3;4,9-11H,5-8H2,1-3H3/t18-,19-;10-,11-/m11/s1. The Labute approximate surface area is 218 Å². The molecule has 0 aromatic heterocycles. The lowest BCUT2D eigenvalue weighted by Crippen LogP contribution is -2.28. The minimum absolute atomic E-state index is 0.0233. The van der Waals surface area contributed by atoms with E-state index in [4.69, 9.17) is 9.98 Å². The maximum atomic E-state index is 4.78. The molecule has 0 aliphatic heterocycles. The second-order valence-electron chi connectivity index (χ2n) is 9.40. The number of rotatable bonds is 9. The summed E-state index contributed by atoms with van der Waals surface area (Å²) in [7, 11) is 7.97. The van der Waals surface area contributed by atoms with Crippen LogP contribution in [0, 0.1) is 0 Å². The molecule has 0 amide bonds. The second-order valence-corrected chi connectivity index (χ2v) is 9.40. The summed E-state index contributed by atoms with van der Waals surface area (Å²) in [5, 5.41) is 0. The number of aliphatic imine (C=N–C) groups is 4. The average molecular weight is 489 g/mol. The molecule has 0 unspecified atom stereocenters. The molecule has 1 aliphatic rings. The van der Waals surface area contributed by atoms with E-state index in [0.717, 1.165) is 0 Å². The van der Waals surface area contributed by atoms with E-state index >= 15 is 0 Å². The SMILES string of the molecule is CC=N[C@@H]1CCCC[C@H]1N=CN(C)C.CC=N[C@H](c1ccccc1)[C@H](N=CN(C)C)c1ccccc1. The molecule has 2 aromatic rings. The van der Waals surface area contributed by atoms with Gasteiger partial charge in [0, 0.05) is 28.2 Å². The molecule has 4 atom stereocenters. The second kappa shape index (κ2) is 16.4. The van der Waals surface area contributed by atoms with Crippen molar-refractivity contribution in [1.82, 2.24) is 9.80 Å². The highest BCUT2D eigenvalue weighted by atomic mass is 15.1. The normalized spacial score (nSPS) is 19.9. The quantitative estimate of drug-likeness (QED) is 0.315. The van der Waals surface area contributed by atoms with Crippen molar-refractivity contribution in [1.29, 1.82) is 0 Å². The molecule has 2 aromatic carbocycles. The highest BCUT2D eigenvalue weighted by molar-refractivity contribution is 5.57. The predicted octanol–water partition coefficient (Wildman–Crippen LogP) is 6.13. The first-order chi connectivity index (χ1) is 17.5. The van der Waals surface area contributed by atoms with Gasteiger partial charge in [-0.3, -0.25) is 20.0 Å². The first-order valence-electron chi connectivity index (χ1n) is 12.9. The van der Waals surface area contributed by atoms with E-state index in [1.165, 1.54) is 36.8 Å². The molecule has 6 heteroatoms. The number of benzene rings is 2. The maximum absolute atomic E-state index is 4.78. The smallest absolute Gasteiger partial charge is 0.103 e. The van der Waals surface area contributed by atoms with E-state index in [1.807, 2.05) is 113 Å². The third-order valence-electron chi connectivity index (χ3n) is 5.87. The molecule has 0 N–H and O–H groups in total. The summed E-state index contributed by atoms with van der Waals surface area (Å²) < 4.78 is 0. The molecule has 0 bridgehead atoms. The van der Waals surface area contributed by atoms with Gasteiger partial charge in [0.05, 0.1) is 24.8 Å². The molecular formula is C30H44N6. The number of nitrogens with zero attached hydrogens (tertiary/aromatic N) is 6. The molecule has 3 rings (SSSR count). The zero-order valence-electron chi connectivity index (χ0n) is 22.9. The Morgan fingerprint density at radius 1 is 0.639 bits per heavy atom. The van der Waals surface area contributed by atoms with Gasteiger partial charge in [0.15, 0.2) is 0 Å². The van der Waals surface area contributed by atoms with Crippen molar-refractivity contribution in [3.8, 4) is 0 Å². The van der Waals surface area contributed by atoms with Crippen LogP contribution < -0.4 is 0 Å². The molecule has 0 radical (unpaired) electrons. The van der Waals surface area contributed by atoms with E-state index in [-0.39, 0.29) is 12.1 Å². The minimum atomic E-state index is -0.0396. The van der Waals surface area contributed by atoms with Crippen LogP contribution in [0.25, 0.3) is 0 Å². The molecule has 1 saturated carbocycles. The Morgan fingerprint density at radius 3 is 1.56 bits per heavy atom. The Hall–Kier alpha value is -3.28. The van der Waals surface area contributed by atoms with Gasteiger partial charge in [-0.1, -0.05) is 73.5 Å². The fourth-order valence-corrected chi connectivity index (χ4v) is 4.22. The highest BCUT2D eigenvalue weighted by Crippen LogP contribution is 2.35. The summed E-state index contributed by atoms with van der Waals surface area (Å²) in [6, 6.07) is 21.4. The minimum Gasteiger partial charge on any atom is -0.369 e. The predicted molar refractivity (Wildman–Crippen MR) is 157 cm³/mol. The summed E-state index contributed by atoms with van der Waals surface area (Å²) in [4.78, 5) is 22.5. The number of hydrogen-bond donors (Lipinski definition) is 0. The third-order valence-corrected chi connectivity index (χ3v) is 5.87. The Morgan fingerprint density at radius 2 is 1.11 bits per heavy atom. The van der Waals surface area contributed by atoms with Crippen LogP contribution >= 0.6 is 0 Å². The first kappa shape index (κ1) is 29.0. The fourth-order valence-electron chi connectivity index (χ4n) is 4.22. The van der Waals surface area contributed by atoms with Crippen LogP contribution in [0.5, 0.6) is 0 Å². The van der Waals surface area contributed by atoms with E-state index in [0.29, 0.717) is 12.1 Å². The van der Waals surface area contributed by atoms with Gasteiger partial charge in [0.2, 0.25) is 0 Å². The molecule has 1 fully saturated rings. The van der Waals surface area contributed by atoms with Crippen LogP contribution in [0.15, 0.2) is 80.6 Å². The summed E-state index contributed by atoms with van der Waals surface area (Å²) in [6.07, 6.45) is 12.5. The summed E-state index contributed by atoms with van der Waals surface area (Å²) >= 11 is 0. The van der Waals surface area contributed by atoms with Gasteiger partial charge in [0.25, 0.3) is 0 Å². The van der Waals surface area contributed by atoms with Crippen LogP contribution in [-0.2, 0) is 0 Å². The van der Waals surface area contributed by atoms with Crippen molar-refractivity contribution in [3.63, 3.8) is 0 Å². The molecule has 194 valence electrons. The van der Waals surface area contributed by atoms with Crippen molar-refractivity contribution in [2.75, 3.05) is 28.2 Å². The Kier molecular flexibility index (Phi) is 13.2. The fraction of sp³-hybridized carbons (Fsp3) is 0.467. The van der Waals surface area contributed by atoms with Crippen LogP contribution in [0.3, 0.4) is 0 Å². The van der Waals surface area contributed by atoms with E-state index in [9.17, 15) is 0 Å². The van der Waals surface area contributed by atoms with Crippen LogP contribution in [0.1, 0.15) is 62.7 Å². The summed E-state index contributed by atoms with van der Waals surface area (Å²) in [5.41, 5.74) is 2.34. The van der Waals surface area contributed by atoms with Crippen LogP contribution in [0.4, 0.5) is 0 Å². The summed E-state index contributed by atoms with van der Waals surface area (Å²) in [6.45, 7) is 3.94. The van der Waals surface area contributed by atoms with Crippen molar-refractivity contribution < 1.29 is 0 Å². The molecule has 36 heavy (non-hydrogen) atoms. The van der Waals surface area contributed by atoms with Crippen molar-refractivity contribution >= 4 is 25.1 Å². The Bertz CT molecular complexity index is 950. The summed E-state index contributed by atoms with van der Waals surface area (Å²) in [5.74, 6) is 0. The van der Waals surface area contributed by atoms with Gasteiger partial charge in [-0.2, -0.15) is 0 Å². The molecule has 0 saturated heterocycles. The molecule has 1 aliphatic carbocycles. The van der Waals surface area contributed by atoms with Gasteiger partial charge < -0.3 is 9.80 Å². The molecule has 0 heterocycles. The molecule has 0 spiro atoms. The zero-order chi connectivity index (χ0) is 26.2. The lowest BCUT2D eigenvalue weighted by atomic mass is 9.91. The van der Waals surface area contributed by atoms with Gasteiger partial charge in [-0.25, -0.2) is 0 Å². The largest absolute Gasteiger partial charge is 0.369 e. The third kappa shape index (κ3) is 10.1. The van der Waals surface area contributed by atoms with Crippen molar-refractivity contribution in [2.24, 2.45) is 20.0 Å². The monoisotopic (exact) mass is 488 g/mol. The van der Waals surface area contributed by atoms with Gasteiger partial charge >= 0.3 is 0 Å². The lowest BCUT2D eigenvalue weighted by Gasteiger charge is -2.25. The highest BCUT2D eigenvalue weighted by Gasteiger charge is 2.23. The average Bonchev–Trinajstić information content (AvgIpc) is 2.89. The van der Waals surface area contributed by atoms with Crippen LogP contribution in [0.2, 0.25) is 0 Å². The van der Waals surface area contributed by atoms with E-state index < -0.39 is 0 Å². The van der Waals surface area contributed by atoms with Gasteiger partial charge in [-0.05, 0) is 50.2 Å². The van der Waals surface area contributed by atoms with E-state index in [2.05, 4.69) is 34.3 Å². The maximum Gasteiger partial charge on any atom is 0.103 e. The molecule has 6 nitrogen and oxygen atoms in total. The molecular weight excluding hydrogens is 444 g/mol. The van der Waals surface area contributed by atoms with Gasteiger partial charge in [-0.15, -0.1) is 0 Å². The van der Waals surface area contributed by atoms with Crippen molar-refractivity contribution in [3.05, 3.63) is 71.8 Å². The van der Waals surface area contributed by atoms with Gasteiger partial charge in [0.1, 0.15) is 12.1 Å². The Balaban J connectivity index is 0.000000281.